The van der Waals surface area contributed by atoms with Gasteiger partial charge in [-0.05, 0) is 93.0 Å². The molecule has 2 saturated carbocycles. The minimum atomic E-state index is -0.219. The number of nitrogens with two attached hydrogens (primary N) is 1. The second-order valence-electron chi connectivity index (χ2n) is 13.9. The van der Waals surface area contributed by atoms with E-state index in [0.717, 1.165) is 56.1 Å². The molecule has 39 heavy (non-hydrogen) atoms. The number of carbonyl (C=O) groups excluding carboxylic acids is 1. The molecule has 0 aromatic rings. The van der Waals surface area contributed by atoms with Crippen LogP contribution in [0.25, 0.3) is 0 Å². The van der Waals surface area contributed by atoms with Gasteiger partial charge in [0, 0.05) is 36.9 Å². The Morgan fingerprint density at radius 3 is 2.79 bits per heavy atom. The molecule has 218 valence electrons. The number of carbonyl (C=O) groups is 1. The summed E-state index contributed by atoms with van der Waals surface area (Å²) in [6, 6.07) is 0.191. The van der Waals surface area contributed by atoms with Gasteiger partial charge in [0.1, 0.15) is 0 Å². The number of fused-ring (bicyclic) bond motifs is 6. The second-order valence-corrected chi connectivity index (χ2v) is 16.6. The Morgan fingerprint density at radius 1 is 1.21 bits per heavy atom. The lowest BCUT2D eigenvalue weighted by atomic mass is 9.56. The monoisotopic (exact) mass is 574 g/mol. The van der Waals surface area contributed by atoms with Crippen molar-refractivity contribution in [3.05, 3.63) is 22.8 Å². The number of aliphatic hydroxyl groups excluding tert-OH is 1. The fraction of sp³-hybridized carbons (Fsp3) is 0.844. The van der Waals surface area contributed by atoms with Gasteiger partial charge in [-0.1, -0.05) is 59.6 Å². The number of ether oxygens (including phenoxy) is 1. The first kappa shape index (κ1) is 28.6. The van der Waals surface area contributed by atoms with E-state index in [4.69, 9.17) is 10.5 Å². The van der Waals surface area contributed by atoms with Crippen LogP contribution in [0.2, 0.25) is 0 Å². The van der Waals surface area contributed by atoms with E-state index in [1.807, 2.05) is 0 Å². The average molecular weight is 575 g/mol. The van der Waals surface area contributed by atoms with Gasteiger partial charge in [0.15, 0.2) is 0 Å². The zero-order valence-electron chi connectivity index (χ0n) is 24.5. The summed E-state index contributed by atoms with van der Waals surface area (Å²) in [5, 5.41) is 10.4. The Hall–Kier alpha value is -0.470. The summed E-state index contributed by atoms with van der Waals surface area (Å²) in [5.41, 5.74) is 10.4. The maximum absolute atomic E-state index is 13.6. The minimum absolute atomic E-state index is 0.147. The van der Waals surface area contributed by atoms with Crippen LogP contribution in [0.5, 0.6) is 0 Å². The van der Waals surface area contributed by atoms with Gasteiger partial charge < -0.3 is 20.5 Å². The van der Waals surface area contributed by atoms with Crippen LogP contribution in [0, 0.1) is 35.0 Å². The van der Waals surface area contributed by atoms with Crippen molar-refractivity contribution in [2.45, 2.75) is 109 Å². The molecule has 3 N–H and O–H groups in total. The molecule has 2 saturated heterocycles. The quantitative estimate of drug-likeness (QED) is 0.231. The first-order valence-electron chi connectivity index (χ1n) is 15.7. The summed E-state index contributed by atoms with van der Waals surface area (Å²) in [7, 11) is 3.56. The van der Waals surface area contributed by atoms with E-state index < -0.39 is 0 Å². The fourth-order valence-electron chi connectivity index (χ4n) is 10.0. The normalized spacial score (nSPS) is 45.1. The molecule has 6 aliphatic rings. The molecule has 1 spiro atoms. The highest BCUT2D eigenvalue weighted by molar-refractivity contribution is 8.76. The molecule has 0 radical (unpaired) electrons. The zero-order chi connectivity index (χ0) is 27.5. The van der Waals surface area contributed by atoms with Crippen LogP contribution in [0.3, 0.4) is 0 Å². The number of allylic oxidation sites excluding steroid dienone is 2. The largest absolute Gasteiger partial charge is 0.393 e. The van der Waals surface area contributed by atoms with Crippen molar-refractivity contribution in [1.29, 1.82) is 0 Å². The van der Waals surface area contributed by atoms with Crippen molar-refractivity contribution in [2.75, 3.05) is 24.6 Å². The van der Waals surface area contributed by atoms with E-state index in [2.05, 4.69) is 38.7 Å². The third-order valence-electron chi connectivity index (χ3n) is 12.0. The van der Waals surface area contributed by atoms with Crippen LogP contribution in [-0.4, -0.2) is 64.4 Å². The molecule has 6 rings (SSSR count). The summed E-state index contributed by atoms with van der Waals surface area (Å²) in [6.07, 6.45) is 11.8. The average Bonchev–Trinajstić information content (AvgIpc) is 3.43. The Morgan fingerprint density at radius 2 is 2.00 bits per heavy atom. The van der Waals surface area contributed by atoms with Crippen LogP contribution in [0.1, 0.15) is 85.5 Å². The van der Waals surface area contributed by atoms with Crippen molar-refractivity contribution < 1.29 is 14.6 Å². The van der Waals surface area contributed by atoms with Gasteiger partial charge in [0.05, 0.1) is 23.9 Å². The number of aliphatic hydroxyl groups is 1. The summed E-state index contributed by atoms with van der Waals surface area (Å²) < 4.78 is 7.21. The summed E-state index contributed by atoms with van der Waals surface area (Å²) in [4.78, 5) is 15.8. The maximum Gasteiger partial charge on any atom is 0.223 e. The smallest absolute Gasteiger partial charge is 0.223 e. The lowest BCUT2D eigenvalue weighted by Crippen LogP contribution is -2.54. The Bertz CT molecular complexity index is 1030. The molecule has 7 heteroatoms. The standard InChI is InChI=1S/C32H50N2O3S2/c1-19-15-28-30(34(18-19)29(36)9-13-38-39-14-12-33)21(3)32(37-28)11-8-24-25-6-5-22-16-23(35)7-10-31(22,4)27(25)17-26(24)20(32)2/h5,19,21,23-25,27-28,30,35H,6-18,33H2,1-4H3/t19-,21+,23-,24-,25-,27?,28+,30-,31-,32-/m0/s1. The van der Waals surface area contributed by atoms with Crippen LogP contribution in [0.15, 0.2) is 22.8 Å². The summed E-state index contributed by atoms with van der Waals surface area (Å²) >= 11 is 0. The molecule has 10 atom stereocenters. The van der Waals surface area contributed by atoms with Gasteiger partial charge in [-0.15, -0.1) is 0 Å². The molecule has 0 aromatic carbocycles. The van der Waals surface area contributed by atoms with Gasteiger partial charge in [0.25, 0.3) is 0 Å². The van der Waals surface area contributed by atoms with Crippen LogP contribution >= 0.6 is 21.6 Å². The van der Waals surface area contributed by atoms with Crippen molar-refractivity contribution in [2.24, 2.45) is 40.7 Å². The van der Waals surface area contributed by atoms with Crippen LogP contribution in [0.4, 0.5) is 0 Å². The van der Waals surface area contributed by atoms with Gasteiger partial charge in [-0.2, -0.15) is 0 Å². The van der Waals surface area contributed by atoms with Crippen molar-refractivity contribution in [3.8, 4) is 0 Å². The molecule has 5 nitrogen and oxygen atoms in total. The molecule has 2 aliphatic heterocycles. The SMILES string of the molecule is CC1=C2CC3[C@@H](CC=C4C[C@@H](O)CC[C@@]43C)[C@@H]2CC[C@]12O[C@@H]1C[C@H](C)CN(C(=O)CCSSCCN)[C@H]1[C@H]2C. The van der Waals surface area contributed by atoms with Crippen LogP contribution < -0.4 is 5.73 Å². The number of hydrogen-bond donors (Lipinski definition) is 2. The van der Waals surface area contributed by atoms with E-state index >= 15 is 0 Å². The molecule has 0 aromatic heterocycles. The number of rotatable bonds is 6. The lowest BCUT2D eigenvalue weighted by molar-refractivity contribution is -0.139. The summed E-state index contributed by atoms with van der Waals surface area (Å²) in [5.74, 6) is 5.01. The predicted molar refractivity (Wildman–Crippen MR) is 162 cm³/mol. The van der Waals surface area contributed by atoms with Crippen molar-refractivity contribution >= 4 is 27.5 Å². The highest BCUT2D eigenvalue weighted by Crippen LogP contribution is 2.65. The number of hydrogen-bond acceptors (Lipinski definition) is 6. The van der Waals surface area contributed by atoms with E-state index in [-0.39, 0.29) is 29.3 Å². The van der Waals surface area contributed by atoms with Gasteiger partial charge in [-0.3, -0.25) is 4.79 Å². The minimum Gasteiger partial charge on any atom is -0.393 e. The van der Waals surface area contributed by atoms with E-state index in [1.165, 1.54) is 30.4 Å². The molecule has 1 unspecified atom stereocenters. The zero-order valence-corrected chi connectivity index (χ0v) is 26.1. The van der Waals surface area contributed by atoms with Gasteiger partial charge >= 0.3 is 0 Å². The predicted octanol–water partition coefficient (Wildman–Crippen LogP) is 5.97. The molecule has 1 amide bonds. The summed E-state index contributed by atoms with van der Waals surface area (Å²) in [6.45, 7) is 11.1. The van der Waals surface area contributed by atoms with E-state index in [1.54, 1.807) is 27.2 Å². The number of nitrogens with zero attached hydrogens (tertiary/aromatic N) is 1. The molecular formula is C32H50N2O3S2. The van der Waals surface area contributed by atoms with E-state index in [0.29, 0.717) is 42.5 Å². The van der Waals surface area contributed by atoms with Gasteiger partial charge in [-0.25, -0.2) is 0 Å². The fourth-order valence-corrected chi connectivity index (χ4v) is 11.9. The second kappa shape index (κ2) is 11.0. The molecular weight excluding hydrogens is 524 g/mol. The Labute approximate surface area is 243 Å². The lowest BCUT2D eigenvalue weighted by Gasteiger charge is -2.49. The molecule has 0 bridgehead atoms. The highest BCUT2D eigenvalue weighted by atomic mass is 33.1. The molecule has 4 aliphatic carbocycles. The van der Waals surface area contributed by atoms with E-state index in [9.17, 15) is 9.90 Å². The first-order chi connectivity index (χ1) is 18.7. The number of amides is 1. The van der Waals surface area contributed by atoms with Crippen LogP contribution in [-0.2, 0) is 9.53 Å². The Balaban J connectivity index is 1.23. The maximum atomic E-state index is 13.6. The van der Waals surface area contributed by atoms with Crippen molar-refractivity contribution in [1.82, 2.24) is 4.90 Å². The third-order valence-corrected chi connectivity index (χ3v) is 14.4. The Kier molecular flexibility index (Phi) is 8.06. The number of likely N-dealkylation sites (tertiary alicyclic amines) is 1. The topological polar surface area (TPSA) is 75.8 Å². The van der Waals surface area contributed by atoms with Crippen molar-refractivity contribution in [3.63, 3.8) is 0 Å². The highest BCUT2D eigenvalue weighted by Gasteiger charge is 2.62. The molecule has 2 heterocycles. The number of piperidine rings is 1. The molecule has 4 fully saturated rings. The van der Waals surface area contributed by atoms with Gasteiger partial charge in [0.2, 0.25) is 5.91 Å². The third kappa shape index (κ3) is 4.69. The first-order valence-corrected chi connectivity index (χ1v) is 18.2.